The second kappa shape index (κ2) is 6.36. The van der Waals surface area contributed by atoms with E-state index in [1.54, 1.807) is 41.5 Å². The van der Waals surface area contributed by atoms with E-state index in [1.165, 1.54) is 0 Å². The van der Waals surface area contributed by atoms with Crippen LogP contribution in [-0.2, 0) is 10.0 Å². The number of rotatable bonds is 5. The average Bonchev–Trinajstić information content (AvgIpc) is 3.21. The Bertz CT molecular complexity index is 1230. The van der Waals surface area contributed by atoms with E-state index in [0.717, 1.165) is 11.9 Å². The van der Waals surface area contributed by atoms with Crippen LogP contribution in [0.25, 0.3) is 17.0 Å². The van der Waals surface area contributed by atoms with Crippen molar-refractivity contribution in [2.24, 2.45) is 0 Å². The maximum Gasteiger partial charge on any atom is 0.231 e. The average molecular weight is 384 g/mol. The van der Waals surface area contributed by atoms with Gasteiger partial charge in [0.1, 0.15) is 11.8 Å². The van der Waals surface area contributed by atoms with Crippen LogP contribution in [0.4, 0.5) is 17.3 Å². The predicted octanol–water partition coefficient (Wildman–Crippen LogP) is 1.96. The molecule has 1 aromatic carbocycles. The molecule has 4 aromatic rings. The lowest BCUT2D eigenvalue weighted by Crippen LogP contribution is -2.09. The monoisotopic (exact) mass is 384 g/mol. The van der Waals surface area contributed by atoms with Gasteiger partial charge in [-0.1, -0.05) is 6.07 Å². The first kappa shape index (κ1) is 17.0. The van der Waals surface area contributed by atoms with Crippen molar-refractivity contribution in [2.45, 2.75) is 6.92 Å². The van der Waals surface area contributed by atoms with E-state index in [9.17, 15) is 8.42 Å². The maximum absolute atomic E-state index is 11.4. The molecule has 0 fully saturated rings. The first-order chi connectivity index (χ1) is 12.9. The first-order valence-corrected chi connectivity index (χ1v) is 9.83. The largest absolute Gasteiger partial charge is 0.340 e. The molecule has 0 saturated heterocycles. The summed E-state index contributed by atoms with van der Waals surface area (Å²) in [4.78, 5) is 20.4. The molecule has 138 valence electrons. The zero-order chi connectivity index (χ0) is 19.0. The molecule has 0 unspecified atom stereocenters. The molecule has 10 nitrogen and oxygen atoms in total. The number of sulfonamides is 1. The van der Waals surface area contributed by atoms with Gasteiger partial charge in [-0.05, 0) is 25.1 Å². The van der Waals surface area contributed by atoms with E-state index in [2.05, 4.69) is 35.0 Å². The fraction of sp³-hybridized carbons (Fsp3) is 0.125. The lowest BCUT2D eigenvalue weighted by Gasteiger charge is -2.10. The van der Waals surface area contributed by atoms with E-state index in [0.29, 0.717) is 34.3 Å². The Morgan fingerprint density at radius 3 is 2.70 bits per heavy atom. The van der Waals surface area contributed by atoms with Gasteiger partial charge in [0.15, 0.2) is 11.5 Å². The molecule has 0 aliphatic rings. The molecule has 0 radical (unpaired) electrons. The molecule has 0 aliphatic heterocycles. The third-order valence-corrected chi connectivity index (χ3v) is 4.25. The van der Waals surface area contributed by atoms with Crippen molar-refractivity contribution < 1.29 is 8.42 Å². The Kier molecular flexibility index (Phi) is 4.00. The number of aromatic nitrogens is 6. The summed E-state index contributed by atoms with van der Waals surface area (Å²) in [5.41, 5.74) is 3.11. The quantitative estimate of drug-likeness (QED) is 0.479. The van der Waals surface area contributed by atoms with Gasteiger partial charge in [0.05, 0.1) is 24.0 Å². The van der Waals surface area contributed by atoms with Crippen LogP contribution in [0.2, 0.25) is 0 Å². The van der Waals surface area contributed by atoms with E-state index >= 15 is 0 Å². The van der Waals surface area contributed by atoms with Crippen molar-refractivity contribution in [3.8, 4) is 5.82 Å². The van der Waals surface area contributed by atoms with Crippen molar-refractivity contribution in [1.29, 1.82) is 0 Å². The van der Waals surface area contributed by atoms with Crippen molar-refractivity contribution in [3.63, 3.8) is 0 Å². The minimum atomic E-state index is -3.36. The fourth-order valence-electron chi connectivity index (χ4n) is 2.60. The number of aromatic amines is 1. The van der Waals surface area contributed by atoms with Crippen molar-refractivity contribution in [2.75, 3.05) is 16.3 Å². The van der Waals surface area contributed by atoms with E-state index in [-0.39, 0.29) is 0 Å². The highest BCUT2D eigenvalue weighted by atomic mass is 32.2. The minimum Gasteiger partial charge on any atom is -0.340 e. The Balaban J connectivity index is 1.72. The second-order valence-corrected chi connectivity index (χ2v) is 7.72. The molecule has 0 aliphatic carbocycles. The van der Waals surface area contributed by atoms with Crippen LogP contribution in [0.15, 0.2) is 43.1 Å². The molecule has 27 heavy (non-hydrogen) atoms. The summed E-state index contributed by atoms with van der Waals surface area (Å²) in [6, 6.07) is 6.82. The zero-order valence-corrected chi connectivity index (χ0v) is 15.3. The van der Waals surface area contributed by atoms with Crippen LogP contribution in [0.3, 0.4) is 0 Å². The summed E-state index contributed by atoms with van der Waals surface area (Å²) >= 11 is 0. The van der Waals surface area contributed by atoms with Gasteiger partial charge >= 0.3 is 0 Å². The van der Waals surface area contributed by atoms with Gasteiger partial charge in [-0.2, -0.15) is 9.97 Å². The van der Waals surface area contributed by atoms with Gasteiger partial charge in [0.25, 0.3) is 0 Å². The Morgan fingerprint density at radius 1 is 1.15 bits per heavy atom. The highest BCUT2D eigenvalue weighted by Gasteiger charge is 2.12. The summed E-state index contributed by atoms with van der Waals surface area (Å²) in [5, 5.41) is 3.08. The molecule has 3 aromatic heterocycles. The Labute approximate surface area is 154 Å². The number of fused-ring (bicyclic) bond motifs is 1. The molecule has 0 atom stereocenters. The van der Waals surface area contributed by atoms with E-state index in [1.807, 2.05) is 13.1 Å². The molecule has 0 amide bonds. The summed E-state index contributed by atoms with van der Waals surface area (Å²) in [5.74, 6) is 0.929. The fourth-order valence-corrected chi connectivity index (χ4v) is 3.16. The van der Waals surface area contributed by atoms with Gasteiger partial charge in [-0.3, -0.25) is 9.29 Å². The molecule has 0 bridgehead atoms. The van der Waals surface area contributed by atoms with Crippen LogP contribution in [-0.4, -0.2) is 44.2 Å². The number of imidazole rings is 2. The lowest BCUT2D eigenvalue weighted by atomic mass is 10.3. The molecular formula is C16H16N8O2S. The van der Waals surface area contributed by atoms with Crippen molar-refractivity contribution in [3.05, 3.63) is 48.8 Å². The SMILES string of the molecule is Cc1cn(-c2nc(Nc3cccc(NS(C)(=O)=O)c3)nc3nc[nH]c23)cn1. The normalized spacial score (nSPS) is 11.6. The van der Waals surface area contributed by atoms with Crippen LogP contribution >= 0.6 is 0 Å². The summed E-state index contributed by atoms with van der Waals surface area (Å²) < 4.78 is 27.0. The summed E-state index contributed by atoms with van der Waals surface area (Å²) in [7, 11) is -3.36. The third kappa shape index (κ3) is 3.72. The van der Waals surface area contributed by atoms with Gasteiger partial charge in [-0.15, -0.1) is 0 Å². The summed E-state index contributed by atoms with van der Waals surface area (Å²) in [6.07, 6.45) is 6.16. The lowest BCUT2D eigenvalue weighted by molar-refractivity contribution is 0.607. The molecule has 0 spiro atoms. The van der Waals surface area contributed by atoms with Gasteiger partial charge in [-0.25, -0.2) is 18.4 Å². The van der Waals surface area contributed by atoms with Gasteiger partial charge in [0, 0.05) is 11.9 Å². The Hall–Kier alpha value is -3.47. The van der Waals surface area contributed by atoms with E-state index < -0.39 is 10.0 Å². The number of nitrogens with one attached hydrogen (secondary N) is 3. The number of benzene rings is 1. The van der Waals surface area contributed by atoms with Crippen LogP contribution < -0.4 is 10.0 Å². The van der Waals surface area contributed by atoms with Crippen LogP contribution in [0.5, 0.6) is 0 Å². The highest BCUT2D eigenvalue weighted by molar-refractivity contribution is 7.92. The number of hydrogen-bond acceptors (Lipinski definition) is 7. The molecule has 11 heteroatoms. The van der Waals surface area contributed by atoms with Crippen LogP contribution in [0, 0.1) is 6.92 Å². The highest BCUT2D eigenvalue weighted by Crippen LogP contribution is 2.22. The van der Waals surface area contributed by atoms with Crippen molar-refractivity contribution >= 4 is 38.5 Å². The standard InChI is InChI=1S/C16H16N8O2S/c1-10-7-24(9-19-10)15-13-14(18-8-17-13)21-16(22-15)20-11-4-3-5-12(6-11)23-27(2,25)26/h3-9,23H,1-2H3,(H2,17,18,20,21,22). The number of hydrogen-bond donors (Lipinski definition) is 3. The Morgan fingerprint density at radius 2 is 1.96 bits per heavy atom. The molecule has 3 heterocycles. The summed E-state index contributed by atoms with van der Waals surface area (Å²) in [6.45, 7) is 1.89. The number of nitrogens with zero attached hydrogens (tertiary/aromatic N) is 5. The topological polar surface area (TPSA) is 130 Å². The molecule has 3 N–H and O–H groups in total. The van der Waals surface area contributed by atoms with Gasteiger partial charge in [0.2, 0.25) is 16.0 Å². The predicted molar refractivity (Wildman–Crippen MR) is 102 cm³/mol. The van der Waals surface area contributed by atoms with Crippen LogP contribution in [0.1, 0.15) is 5.69 Å². The molecule has 4 rings (SSSR count). The molecule has 0 saturated carbocycles. The smallest absolute Gasteiger partial charge is 0.231 e. The maximum atomic E-state index is 11.4. The van der Waals surface area contributed by atoms with Crippen molar-refractivity contribution in [1.82, 2.24) is 29.5 Å². The first-order valence-electron chi connectivity index (χ1n) is 7.94. The zero-order valence-electron chi connectivity index (χ0n) is 14.5. The van der Waals surface area contributed by atoms with E-state index in [4.69, 9.17) is 0 Å². The van der Waals surface area contributed by atoms with Gasteiger partial charge < -0.3 is 10.3 Å². The molecular weight excluding hydrogens is 368 g/mol. The number of anilines is 3. The minimum absolute atomic E-state index is 0.326. The number of aryl methyl sites for hydroxylation is 1. The third-order valence-electron chi connectivity index (χ3n) is 3.64. The number of H-pyrrole nitrogens is 1. The second-order valence-electron chi connectivity index (χ2n) is 5.97.